The lowest BCUT2D eigenvalue weighted by Gasteiger charge is -2.36. The molecule has 2 aromatic rings. The van der Waals surface area contributed by atoms with Crippen molar-refractivity contribution in [1.82, 2.24) is 20.4 Å². The van der Waals surface area contributed by atoms with Crippen LogP contribution in [0.3, 0.4) is 0 Å². The zero-order valence-electron chi connectivity index (χ0n) is 18.4. The van der Waals surface area contributed by atoms with Crippen molar-refractivity contribution < 1.29 is 9.18 Å². The van der Waals surface area contributed by atoms with E-state index in [4.69, 9.17) is 11.6 Å². The summed E-state index contributed by atoms with van der Waals surface area (Å²) < 4.78 is 14.1. The number of rotatable bonds is 6. The van der Waals surface area contributed by atoms with Gasteiger partial charge in [0.2, 0.25) is 0 Å². The minimum atomic E-state index is -0.257. The Kier molecular flexibility index (Phi) is 10.7. The third-order valence-electron chi connectivity index (χ3n) is 5.44. The number of halogens is 3. The first kappa shape index (κ1) is 26.3. The van der Waals surface area contributed by atoms with Crippen molar-refractivity contribution in [1.29, 1.82) is 0 Å². The fourth-order valence-corrected chi connectivity index (χ4v) is 3.91. The number of guanidine groups is 1. The van der Waals surface area contributed by atoms with Crippen LogP contribution in [0, 0.1) is 5.82 Å². The highest BCUT2D eigenvalue weighted by atomic mass is 127. The van der Waals surface area contributed by atoms with Crippen LogP contribution < -0.4 is 10.6 Å². The maximum atomic E-state index is 14.1. The second kappa shape index (κ2) is 13.0. The van der Waals surface area contributed by atoms with E-state index in [1.807, 2.05) is 24.3 Å². The van der Waals surface area contributed by atoms with Gasteiger partial charge in [-0.2, -0.15) is 0 Å². The fraction of sp³-hybridized carbons (Fsp3) is 0.391. The molecule has 1 aliphatic heterocycles. The molecule has 0 radical (unpaired) electrons. The minimum absolute atomic E-state index is 0. The molecule has 0 aromatic heterocycles. The molecule has 1 fully saturated rings. The van der Waals surface area contributed by atoms with Gasteiger partial charge in [-0.05, 0) is 36.2 Å². The van der Waals surface area contributed by atoms with Crippen LogP contribution in [0.1, 0.15) is 21.5 Å². The summed E-state index contributed by atoms with van der Waals surface area (Å²) in [5, 5.41) is 6.53. The third kappa shape index (κ3) is 7.05. The Morgan fingerprint density at radius 2 is 1.88 bits per heavy atom. The van der Waals surface area contributed by atoms with Gasteiger partial charge in [0.15, 0.2) is 5.96 Å². The topological polar surface area (TPSA) is 60.0 Å². The maximum Gasteiger partial charge on any atom is 0.251 e. The van der Waals surface area contributed by atoms with E-state index in [1.54, 1.807) is 26.2 Å². The first-order chi connectivity index (χ1) is 15.0. The van der Waals surface area contributed by atoms with Gasteiger partial charge in [-0.3, -0.25) is 14.7 Å². The second-order valence-corrected chi connectivity index (χ2v) is 7.87. The summed E-state index contributed by atoms with van der Waals surface area (Å²) in [4.78, 5) is 20.6. The van der Waals surface area contributed by atoms with E-state index in [0.717, 1.165) is 50.7 Å². The number of piperazine rings is 1. The molecule has 0 spiro atoms. The molecule has 1 amide bonds. The summed E-state index contributed by atoms with van der Waals surface area (Å²) in [7, 11) is 3.41. The smallest absolute Gasteiger partial charge is 0.251 e. The lowest BCUT2D eigenvalue weighted by Crippen LogP contribution is -2.52. The van der Waals surface area contributed by atoms with Gasteiger partial charge in [0.25, 0.3) is 5.91 Å². The largest absolute Gasteiger partial charge is 0.356 e. The van der Waals surface area contributed by atoms with Crippen LogP contribution >= 0.6 is 35.6 Å². The van der Waals surface area contributed by atoms with Crippen LogP contribution in [-0.2, 0) is 13.0 Å². The van der Waals surface area contributed by atoms with Crippen molar-refractivity contribution >= 4 is 47.4 Å². The van der Waals surface area contributed by atoms with E-state index < -0.39 is 0 Å². The Labute approximate surface area is 211 Å². The average molecular weight is 574 g/mol. The molecular formula is C23H30ClFIN5O. The summed E-state index contributed by atoms with van der Waals surface area (Å²) >= 11 is 6.16. The third-order valence-corrected chi connectivity index (χ3v) is 5.79. The Bertz CT molecular complexity index is 914. The molecule has 0 aliphatic carbocycles. The van der Waals surface area contributed by atoms with Gasteiger partial charge >= 0.3 is 0 Å². The van der Waals surface area contributed by atoms with Crippen molar-refractivity contribution in [3.05, 3.63) is 70.0 Å². The quantitative estimate of drug-likeness (QED) is 0.316. The number of aliphatic imine (C=N–C) groups is 1. The van der Waals surface area contributed by atoms with E-state index in [1.165, 1.54) is 6.07 Å². The van der Waals surface area contributed by atoms with Crippen molar-refractivity contribution in [3.8, 4) is 0 Å². The van der Waals surface area contributed by atoms with Gasteiger partial charge in [-0.15, -0.1) is 24.0 Å². The average Bonchev–Trinajstić information content (AvgIpc) is 2.79. The van der Waals surface area contributed by atoms with Crippen LogP contribution in [0.15, 0.2) is 47.5 Å². The van der Waals surface area contributed by atoms with Crippen LogP contribution in [0.5, 0.6) is 0 Å². The predicted octanol–water partition coefficient (Wildman–Crippen LogP) is 3.39. The normalized spacial score (nSPS) is 14.6. The number of hydrogen-bond acceptors (Lipinski definition) is 3. The molecule has 2 N–H and O–H groups in total. The molecule has 1 heterocycles. The molecule has 3 rings (SSSR count). The molecule has 1 saturated heterocycles. The fourth-order valence-electron chi connectivity index (χ4n) is 3.69. The number of carbonyl (C=O) groups is 1. The number of nitrogens with zero attached hydrogens (tertiary/aromatic N) is 3. The van der Waals surface area contributed by atoms with Gasteiger partial charge in [0.05, 0.1) is 0 Å². The Morgan fingerprint density at radius 3 is 2.53 bits per heavy atom. The highest BCUT2D eigenvalue weighted by Crippen LogP contribution is 2.21. The van der Waals surface area contributed by atoms with Gasteiger partial charge in [-0.25, -0.2) is 4.39 Å². The van der Waals surface area contributed by atoms with Gasteiger partial charge in [0, 0.05) is 69.5 Å². The van der Waals surface area contributed by atoms with Gasteiger partial charge in [0.1, 0.15) is 5.82 Å². The highest BCUT2D eigenvalue weighted by Gasteiger charge is 2.21. The van der Waals surface area contributed by atoms with E-state index >= 15 is 0 Å². The van der Waals surface area contributed by atoms with Crippen molar-refractivity contribution in [2.24, 2.45) is 4.99 Å². The van der Waals surface area contributed by atoms with E-state index in [-0.39, 0.29) is 35.7 Å². The van der Waals surface area contributed by atoms with E-state index in [0.29, 0.717) is 22.7 Å². The molecule has 6 nitrogen and oxygen atoms in total. The van der Waals surface area contributed by atoms with E-state index in [9.17, 15) is 9.18 Å². The standard InChI is InChI=1S/C23H29ClFN5O.HI/c1-26-22(31)18-6-3-5-17(15-18)9-10-28-23(27-2)30-13-11-29(12-14-30)16-19-20(24)7-4-8-21(19)25;/h3-8,15H,9-14,16H2,1-2H3,(H,26,31)(H,27,28);1H. The SMILES string of the molecule is CN=C(NCCc1cccc(C(=O)NC)c1)N1CCN(Cc2c(F)cccc2Cl)CC1.I. The van der Waals surface area contributed by atoms with Crippen molar-refractivity contribution in [2.45, 2.75) is 13.0 Å². The Hall–Kier alpha value is -1.91. The van der Waals surface area contributed by atoms with Crippen LogP contribution in [0.4, 0.5) is 4.39 Å². The highest BCUT2D eigenvalue weighted by molar-refractivity contribution is 14.0. The number of nitrogens with one attached hydrogen (secondary N) is 2. The monoisotopic (exact) mass is 573 g/mol. The van der Waals surface area contributed by atoms with Gasteiger partial charge < -0.3 is 15.5 Å². The number of benzene rings is 2. The number of amides is 1. The second-order valence-electron chi connectivity index (χ2n) is 7.47. The predicted molar refractivity (Wildman–Crippen MR) is 139 cm³/mol. The zero-order valence-corrected chi connectivity index (χ0v) is 21.5. The molecule has 0 atom stereocenters. The van der Waals surface area contributed by atoms with Crippen LogP contribution in [0.2, 0.25) is 5.02 Å². The molecule has 0 unspecified atom stereocenters. The van der Waals surface area contributed by atoms with Crippen LogP contribution in [-0.4, -0.2) is 68.5 Å². The summed E-state index contributed by atoms with van der Waals surface area (Å²) in [6.45, 7) is 4.44. The first-order valence-electron chi connectivity index (χ1n) is 10.4. The summed E-state index contributed by atoms with van der Waals surface area (Å²) in [5.41, 5.74) is 2.31. The van der Waals surface area contributed by atoms with E-state index in [2.05, 4.69) is 25.4 Å². The molecule has 9 heteroatoms. The molecule has 2 aromatic carbocycles. The van der Waals surface area contributed by atoms with Crippen molar-refractivity contribution in [2.75, 3.05) is 46.8 Å². The lowest BCUT2D eigenvalue weighted by atomic mass is 10.1. The molecular weight excluding hydrogens is 544 g/mol. The molecule has 0 bridgehead atoms. The lowest BCUT2D eigenvalue weighted by molar-refractivity contribution is 0.0963. The van der Waals surface area contributed by atoms with Crippen LogP contribution in [0.25, 0.3) is 0 Å². The Morgan fingerprint density at radius 1 is 1.16 bits per heavy atom. The zero-order chi connectivity index (χ0) is 22.2. The van der Waals surface area contributed by atoms with Crippen molar-refractivity contribution in [3.63, 3.8) is 0 Å². The summed E-state index contributed by atoms with van der Waals surface area (Å²) in [5.74, 6) is 0.513. The first-order valence-corrected chi connectivity index (χ1v) is 10.8. The molecule has 174 valence electrons. The number of carbonyl (C=O) groups excluding carboxylic acids is 1. The maximum absolute atomic E-state index is 14.1. The Balaban J connectivity index is 0.00000363. The molecule has 0 saturated carbocycles. The minimum Gasteiger partial charge on any atom is -0.356 e. The molecule has 1 aliphatic rings. The molecule has 32 heavy (non-hydrogen) atoms. The summed E-state index contributed by atoms with van der Waals surface area (Å²) in [6, 6.07) is 12.4. The number of hydrogen-bond donors (Lipinski definition) is 2. The summed E-state index contributed by atoms with van der Waals surface area (Å²) in [6.07, 6.45) is 0.787. The van der Waals surface area contributed by atoms with Gasteiger partial charge in [-0.1, -0.05) is 29.8 Å².